The average Bonchev–Trinajstić information content (AvgIpc) is 3.35. The minimum Gasteiger partial charge on any atom is -0.326 e. The van der Waals surface area contributed by atoms with Crippen LogP contribution in [0.3, 0.4) is 0 Å². The van der Waals surface area contributed by atoms with Crippen LogP contribution in [0.15, 0.2) is 77.6 Å². The van der Waals surface area contributed by atoms with Crippen molar-refractivity contribution in [2.75, 3.05) is 18.4 Å². The predicted molar refractivity (Wildman–Crippen MR) is 128 cm³/mol. The molecule has 0 aliphatic carbocycles. The molecule has 1 fully saturated rings. The smallest absolute Gasteiger partial charge is 0.227 e. The first-order chi connectivity index (χ1) is 15.3. The highest BCUT2D eigenvalue weighted by Crippen LogP contribution is 2.26. The summed E-state index contributed by atoms with van der Waals surface area (Å²) >= 11 is 1.57. The number of likely N-dealkylation sites (tertiary alicyclic amines) is 1. The van der Waals surface area contributed by atoms with Crippen LogP contribution in [0, 0.1) is 5.92 Å². The Kier molecular flexibility index (Phi) is 5.78. The van der Waals surface area contributed by atoms with Crippen molar-refractivity contribution in [3.05, 3.63) is 83.2 Å². The summed E-state index contributed by atoms with van der Waals surface area (Å²) < 4.78 is 0. The van der Waals surface area contributed by atoms with E-state index in [-0.39, 0.29) is 11.8 Å². The van der Waals surface area contributed by atoms with E-state index in [0.29, 0.717) is 0 Å². The number of aromatic nitrogens is 1. The SMILES string of the molecule is O=C(Nc1cccc(-c2cscn2)c1)C1CCN(Cc2cccc3ccccc23)CC1. The number of nitrogens with one attached hydrogen (secondary N) is 1. The first kappa shape index (κ1) is 19.9. The second-order valence-corrected chi connectivity index (χ2v) is 8.85. The molecule has 1 aliphatic rings. The van der Waals surface area contributed by atoms with E-state index in [1.807, 2.05) is 35.2 Å². The Bertz CT molecular complexity index is 1170. The van der Waals surface area contributed by atoms with Crippen LogP contribution in [0.4, 0.5) is 5.69 Å². The maximum Gasteiger partial charge on any atom is 0.227 e. The number of hydrogen-bond acceptors (Lipinski definition) is 4. The van der Waals surface area contributed by atoms with Gasteiger partial charge in [0.1, 0.15) is 0 Å². The molecule has 0 atom stereocenters. The van der Waals surface area contributed by atoms with Gasteiger partial charge in [0.05, 0.1) is 11.2 Å². The predicted octanol–water partition coefficient (Wildman–Crippen LogP) is 5.81. The maximum absolute atomic E-state index is 12.9. The van der Waals surface area contributed by atoms with E-state index < -0.39 is 0 Å². The lowest BCUT2D eigenvalue weighted by Crippen LogP contribution is -2.37. The molecule has 4 nitrogen and oxygen atoms in total. The zero-order valence-corrected chi connectivity index (χ0v) is 18.1. The first-order valence-electron chi connectivity index (χ1n) is 10.7. The zero-order valence-electron chi connectivity index (χ0n) is 17.3. The molecule has 1 N–H and O–H groups in total. The molecular formula is C26H25N3OS. The largest absolute Gasteiger partial charge is 0.326 e. The van der Waals surface area contributed by atoms with Crippen molar-refractivity contribution in [1.82, 2.24) is 9.88 Å². The van der Waals surface area contributed by atoms with Crippen molar-refractivity contribution in [3.63, 3.8) is 0 Å². The van der Waals surface area contributed by atoms with Crippen LogP contribution < -0.4 is 5.32 Å². The number of hydrogen-bond donors (Lipinski definition) is 1. The topological polar surface area (TPSA) is 45.2 Å². The fourth-order valence-electron chi connectivity index (χ4n) is 4.38. The minimum atomic E-state index is 0.0618. The van der Waals surface area contributed by atoms with Crippen molar-refractivity contribution in [2.45, 2.75) is 19.4 Å². The van der Waals surface area contributed by atoms with Crippen molar-refractivity contribution >= 4 is 33.7 Å². The van der Waals surface area contributed by atoms with E-state index in [4.69, 9.17) is 0 Å². The van der Waals surface area contributed by atoms with Crippen LogP contribution in [-0.2, 0) is 11.3 Å². The van der Waals surface area contributed by atoms with Gasteiger partial charge in [-0.05, 0) is 54.4 Å². The van der Waals surface area contributed by atoms with Gasteiger partial charge in [-0.1, -0.05) is 54.6 Å². The molecular weight excluding hydrogens is 402 g/mol. The van der Waals surface area contributed by atoms with Gasteiger partial charge >= 0.3 is 0 Å². The summed E-state index contributed by atoms with van der Waals surface area (Å²) in [6.45, 7) is 2.83. The second kappa shape index (κ2) is 9.00. The Morgan fingerprint density at radius 2 is 1.84 bits per heavy atom. The molecule has 31 heavy (non-hydrogen) atoms. The molecule has 2 heterocycles. The van der Waals surface area contributed by atoms with Crippen LogP contribution >= 0.6 is 11.3 Å². The summed E-state index contributed by atoms with van der Waals surface area (Å²) in [6.07, 6.45) is 1.78. The van der Waals surface area contributed by atoms with Gasteiger partial charge in [-0.15, -0.1) is 11.3 Å². The number of thiazole rings is 1. The summed E-state index contributed by atoms with van der Waals surface area (Å²) in [5.41, 5.74) is 6.01. The van der Waals surface area contributed by atoms with Crippen molar-refractivity contribution in [3.8, 4) is 11.3 Å². The number of benzene rings is 3. The summed E-state index contributed by atoms with van der Waals surface area (Å²) in [5.74, 6) is 0.187. The quantitative estimate of drug-likeness (QED) is 0.437. The monoisotopic (exact) mass is 427 g/mol. The van der Waals surface area contributed by atoms with Gasteiger partial charge in [0.25, 0.3) is 0 Å². The number of piperidine rings is 1. The molecule has 0 unspecified atom stereocenters. The number of carbonyl (C=O) groups excluding carboxylic acids is 1. The molecule has 1 aromatic heterocycles. The third-order valence-electron chi connectivity index (χ3n) is 6.09. The van der Waals surface area contributed by atoms with Crippen LogP contribution in [0.2, 0.25) is 0 Å². The highest BCUT2D eigenvalue weighted by molar-refractivity contribution is 7.07. The molecule has 0 radical (unpaired) electrons. The van der Waals surface area contributed by atoms with Gasteiger partial charge in [0.2, 0.25) is 5.91 Å². The molecule has 5 rings (SSSR count). The lowest BCUT2D eigenvalue weighted by atomic mass is 9.95. The molecule has 0 saturated carbocycles. The van der Waals surface area contributed by atoms with Gasteiger partial charge < -0.3 is 5.32 Å². The molecule has 5 heteroatoms. The van der Waals surface area contributed by atoms with Gasteiger partial charge in [-0.2, -0.15) is 0 Å². The average molecular weight is 428 g/mol. The Morgan fingerprint density at radius 1 is 1.03 bits per heavy atom. The zero-order chi connectivity index (χ0) is 21.0. The highest BCUT2D eigenvalue weighted by Gasteiger charge is 2.25. The van der Waals surface area contributed by atoms with Crippen molar-refractivity contribution in [1.29, 1.82) is 0 Å². The lowest BCUT2D eigenvalue weighted by molar-refractivity contribution is -0.121. The number of amides is 1. The third kappa shape index (κ3) is 4.53. The fourth-order valence-corrected chi connectivity index (χ4v) is 4.94. The van der Waals surface area contributed by atoms with Crippen LogP contribution in [0.5, 0.6) is 0 Å². The number of carbonyl (C=O) groups is 1. The molecule has 0 bridgehead atoms. The van der Waals surface area contributed by atoms with E-state index in [1.165, 1.54) is 16.3 Å². The maximum atomic E-state index is 12.9. The Hall–Kier alpha value is -3.02. The van der Waals surface area contributed by atoms with E-state index in [1.54, 1.807) is 11.3 Å². The van der Waals surface area contributed by atoms with Crippen LogP contribution in [-0.4, -0.2) is 28.9 Å². The van der Waals surface area contributed by atoms with E-state index in [0.717, 1.165) is 49.4 Å². The lowest BCUT2D eigenvalue weighted by Gasteiger charge is -2.31. The van der Waals surface area contributed by atoms with Crippen molar-refractivity contribution in [2.24, 2.45) is 5.92 Å². The number of nitrogens with zero attached hydrogens (tertiary/aromatic N) is 2. The van der Waals surface area contributed by atoms with E-state index in [2.05, 4.69) is 57.7 Å². The number of rotatable bonds is 5. The van der Waals surface area contributed by atoms with Gasteiger partial charge in [0.15, 0.2) is 0 Å². The molecule has 0 spiro atoms. The molecule has 3 aromatic carbocycles. The van der Waals surface area contributed by atoms with Gasteiger partial charge in [-0.3, -0.25) is 9.69 Å². The molecule has 1 saturated heterocycles. The minimum absolute atomic E-state index is 0.0618. The Labute approximate surface area is 186 Å². The highest BCUT2D eigenvalue weighted by atomic mass is 32.1. The van der Waals surface area contributed by atoms with Crippen molar-refractivity contribution < 1.29 is 4.79 Å². The standard InChI is InChI=1S/C26H25N3OS/c30-26(28-23-9-4-7-21(15-23)25-17-31-18-27-25)20-11-13-29(14-12-20)16-22-8-3-6-19-5-1-2-10-24(19)22/h1-10,15,17-18,20H,11-14,16H2,(H,28,30). The van der Waals surface area contributed by atoms with Crippen LogP contribution in [0.1, 0.15) is 18.4 Å². The summed E-state index contributed by atoms with van der Waals surface area (Å²) in [5, 5.41) is 7.75. The molecule has 1 amide bonds. The Morgan fingerprint density at radius 3 is 2.68 bits per heavy atom. The van der Waals surface area contributed by atoms with E-state index in [9.17, 15) is 4.79 Å². The summed E-state index contributed by atoms with van der Waals surface area (Å²) in [6, 6.07) is 23.0. The number of fused-ring (bicyclic) bond motifs is 1. The first-order valence-corrected chi connectivity index (χ1v) is 11.7. The number of anilines is 1. The molecule has 4 aromatic rings. The van der Waals surface area contributed by atoms with Gasteiger partial charge in [0, 0.05) is 29.1 Å². The molecule has 1 aliphatic heterocycles. The summed E-state index contributed by atoms with van der Waals surface area (Å²) in [7, 11) is 0. The van der Waals surface area contributed by atoms with Crippen LogP contribution in [0.25, 0.3) is 22.0 Å². The normalized spacial score (nSPS) is 15.2. The second-order valence-electron chi connectivity index (χ2n) is 8.13. The van der Waals surface area contributed by atoms with E-state index >= 15 is 0 Å². The Balaban J connectivity index is 1.19. The molecule has 156 valence electrons. The third-order valence-corrected chi connectivity index (χ3v) is 6.68. The fraction of sp³-hybridized carbons (Fsp3) is 0.231. The van der Waals surface area contributed by atoms with Gasteiger partial charge in [-0.25, -0.2) is 4.98 Å². The summed E-state index contributed by atoms with van der Waals surface area (Å²) in [4.78, 5) is 19.7.